The van der Waals surface area contributed by atoms with E-state index in [4.69, 9.17) is 4.98 Å². The Hall–Kier alpha value is -1.38. The lowest BCUT2D eigenvalue weighted by Gasteiger charge is -2.37. The minimum absolute atomic E-state index is 0.00888. The Kier molecular flexibility index (Phi) is 7.19. The summed E-state index contributed by atoms with van der Waals surface area (Å²) in [6.07, 6.45) is 11.4. The highest BCUT2D eigenvalue weighted by Gasteiger charge is 2.24. The van der Waals surface area contributed by atoms with Gasteiger partial charge in [-0.3, -0.25) is 14.5 Å². The maximum absolute atomic E-state index is 12.7. The number of rotatable bonds is 6. The van der Waals surface area contributed by atoms with E-state index in [0.29, 0.717) is 17.3 Å². The summed E-state index contributed by atoms with van der Waals surface area (Å²) < 4.78 is 0. The molecule has 2 aliphatic carbocycles. The number of nitrogens with zero attached hydrogens (tertiary/aromatic N) is 3. The fraction of sp³-hybridized carbons (Fsp3) is 0.708. The molecule has 174 valence electrons. The van der Waals surface area contributed by atoms with Crippen molar-refractivity contribution in [1.29, 1.82) is 0 Å². The number of aryl methyl sites for hydroxylation is 2. The van der Waals surface area contributed by atoms with Crippen molar-refractivity contribution in [2.75, 3.05) is 38.5 Å². The van der Waals surface area contributed by atoms with Crippen LogP contribution in [0.15, 0.2) is 4.79 Å². The molecule has 0 aromatic carbocycles. The van der Waals surface area contributed by atoms with Gasteiger partial charge in [0.2, 0.25) is 5.91 Å². The lowest BCUT2D eigenvalue weighted by molar-refractivity contribution is -0.130. The van der Waals surface area contributed by atoms with E-state index < -0.39 is 0 Å². The molecule has 2 aromatic rings. The summed E-state index contributed by atoms with van der Waals surface area (Å²) >= 11 is 3.24. The van der Waals surface area contributed by atoms with Crippen molar-refractivity contribution in [1.82, 2.24) is 19.8 Å². The summed E-state index contributed by atoms with van der Waals surface area (Å²) in [6.45, 7) is 4.90. The van der Waals surface area contributed by atoms with Crippen LogP contribution in [0.1, 0.15) is 61.2 Å². The third-order valence-electron chi connectivity index (χ3n) is 7.30. The molecule has 0 spiro atoms. The molecule has 32 heavy (non-hydrogen) atoms. The van der Waals surface area contributed by atoms with Gasteiger partial charge in [-0.2, -0.15) is 0 Å². The number of thioether (sulfide) groups is 1. The summed E-state index contributed by atoms with van der Waals surface area (Å²) in [5.74, 6) is 2.79. The zero-order valence-electron chi connectivity index (χ0n) is 18.9. The van der Waals surface area contributed by atoms with E-state index in [-0.39, 0.29) is 11.5 Å². The lowest BCUT2D eigenvalue weighted by Crippen LogP contribution is -2.50. The van der Waals surface area contributed by atoms with Crippen molar-refractivity contribution in [2.45, 2.75) is 63.5 Å². The summed E-state index contributed by atoms with van der Waals surface area (Å²) in [5.41, 5.74) is 1.22. The molecule has 0 atom stereocenters. The monoisotopic (exact) mass is 474 g/mol. The number of carbonyl (C=O) groups is 1. The molecule has 0 unspecified atom stereocenters. The fourth-order valence-corrected chi connectivity index (χ4v) is 7.59. The van der Waals surface area contributed by atoms with Crippen molar-refractivity contribution in [2.24, 2.45) is 5.92 Å². The van der Waals surface area contributed by atoms with Crippen LogP contribution in [0.4, 0.5) is 0 Å². The van der Waals surface area contributed by atoms with Gasteiger partial charge >= 0.3 is 0 Å². The van der Waals surface area contributed by atoms with E-state index in [1.165, 1.54) is 55.5 Å². The van der Waals surface area contributed by atoms with Crippen molar-refractivity contribution < 1.29 is 4.79 Å². The molecular formula is C24H34N4O2S2. The van der Waals surface area contributed by atoms with Crippen molar-refractivity contribution in [3.8, 4) is 0 Å². The van der Waals surface area contributed by atoms with E-state index in [1.54, 1.807) is 23.1 Å². The van der Waals surface area contributed by atoms with Crippen LogP contribution in [0, 0.1) is 5.92 Å². The van der Waals surface area contributed by atoms with Crippen LogP contribution < -0.4 is 5.56 Å². The van der Waals surface area contributed by atoms with Gasteiger partial charge in [-0.25, -0.2) is 4.98 Å². The Morgan fingerprint density at radius 2 is 1.84 bits per heavy atom. The Bertz CT molecular complexity index is 1000. The molecular weight excluding hydrogens is 440 g/mol. The molecule has 3 aliphatic rings. The molecule has 1 amide bonds. The Morgan fingerprint density at radius 1 is 1.06 bits per heavy atom. The molecule has 3 heterocycles. The molecule has 1 aliphatic heterocycles. The molecule has 1 N–H and O–H groups in total. The van der Waals surface area contributed by atoms with Gasteiger partial charge in [-0.05, 0) is 50.0 Å². The second kappa shape index (κ2) is 10.3. The summed E-state index contributed by atoms with van der Waals surface area (Å²) in [6, 6.07) is 0. The maximum Gasteiger partial charge on any atom is 0.259 e. The van der Waals surface area contributed by atoms with Crippen LogP contribution in [-0.4, -0.2) is 64.2 Å². The predicted molar refractivity (Wildman–Crippen MR) is 133 cm³/mol. The van der Waals surface area contributed by atoms with Crippen LogP contribution in [-0.2, 0) is 23.4 Å². The standard InChI is InChI=1S/C24H34N4O2S2/c29-21(28-12-10-27(11-13-28)14-17-6-2-1-3-7-17)16-31-15-20-25-23(30)22-18-8-4-5-9-19(18)32-24(22)26-20/h17H,1-16H2,(H,25,26,30). The first-order valence-corrected chi connectivity index (χ1v) is 14.3. The third-order valence-corrected chi connectivity index (χ3v) is 9.42. The molecule has 0 bridgehead atoms. The predicted octanol–water partition coefficient (Wildman–Crippen LogP) is 3.82. The molecule has 2 aromatic heterocycles. The van der Waals surface area contributed by atoms with Gasteiger partial charge in [0.05, 0.1) is 16.9 Å². The van der Waals surface area contributed by atoms with Crippen LogP contribution in [0.5, 0.6) is 0 Å². The minimum Gasteiger partial charge on any atom is -0.339 e. The summed E-state index contributed by atoms with van der Waals surface area (Å²) in [7, 11) is 0. The van der Waals surface area contributed by atoms with Gasteiger partial charge in [0.1, 0.15) is 10.7 Å². The van der Waals surface area contributed by atoms with Crippen LogP contribution in [0.25, 0.3) is 10.2 Å². The van der Waals surface area contributed by atoms with Gasteiger partial charge in [0.25, 0.3) is 5.56 Å². The van der Waals surface area contributed by atoms with E-state index >= 15 is 0 Å². The number of aromatic nitrogens is 2. The Labute approximate surface area is 198 Å². The first kappa shape index (κ1) is 22.4. The van der Waals surface area contributed by atoms with Crippen molar-refractivity contribution in [3.63, 3.8) is 0 Å². The highest BCUT2D eigenvalue weighted by Crippen LogP contribution is 2.33. The van der Waals surface area contributed by atoms with Crippen LogP contribution in [0.2, 0.25) is 0 Å². The van der Waals surface area contributed by atoms with E-state index in [0.717, 1.165) is 61.6 Å². The summed E-state index contributed by atoms with van der Waals surface area (Å²) in [5, 5.41) is 0.806. The van der Waals surface area contributed by atoms with Crippen molar-refractivity contribution >= 4 is 39.2 Å². The van der Waals surface area contributed by atoms with Gasteiger partial charge in [-0.1, -0.05) is 19.3 Å². The SMILES string of the molecule is O=C(CSCc1nc2sc3c(c2c(=O)[nH]1)CCCC3)N1CCN(CC2CCCCC2)CC1. The van der Waals surface area contributed by atoms with E-state index in [1.807, 2.05) is 4.90 Å². The van der Waals surface area contributed by atoms with E-state index in [2.05, 4.69) is 9.88 Å². The number of amides is 1. The maximum atomic E-state index is 12.7. The number of fused-ring (bicyclic) bond motifs is 3. The lowest BCUT2D eigenvalue weighted by atomic mass is 9.89. The minimum atomic E-state index is -0.00888. The highest BCUT2D eigenvalue weighted by molar-refractivity contribution is 7.99. The summed E-state index contributed by atoms with van der Waals surface area (Å²) in [4.78, 5) is 39.8. The number of piperazine rings is 1. The quantitative estimate of drug-likeness (QED) is 0.689. The molecule has 0 radical (unpaired) electrons. The van der Waals surface area contributed by atoms with Crippen molar-refractivity contribution in [3.05, 3.63) is 26.6 Å². The average Bonchev–Trinajstić information content (AvgIpc) is 3.19. The number of carbonyl (C=O) groups excluding carboxylic acids is 1. The van der Waals surface area contributed by atoms with Gasteiger partial charge in [0.15, 0.2) is 0 Å². The first-order valence-electron chi connectivity index (χ1n) is 12.3. The number of nitrogens with one attached hydrogen (secondary N) is 1. The number of hydrogen-bond acceptors (Lipinski definition) is 6. The van der Waals surface area contributed by atoms with Gasteiger partial charge in [-0.15, -0.1) is 23.1 Å². The molecule has 6 nitrogen and oxygen atoms in total. The zero-order chi connectivity index (χ0) is 21.9. The topological polar surface area (TPSA) is 69.3 Å². The highest BCUT2D eigenvalue weighted by atomic mass is 32.2. The van der Waals surface area contributed by atoms with Gasteiger partial charge < -0.3 is 9.88 Å². The number of aromatic amines is 1. The molecule has 2 fully saturated rings. The smallest absolute Gasteiger partial charge is 0.259 e. The fourth-order valence-electron chi connectivity index (χ4n) is 5.52. The van der Waals surface area contributed by atoms with Gasteiger partial charge in [0, 0.05) is 37.6 Å². The second-order valence-corrected chi connectivity index (χ2v) is 11.7. The zero-order valence-corrected chi connectivity index (χ0v) is 20.5. The normalized spacial score (nSPS) is 20.6. The molecule has 1 saturated carbocycles. The number of thiophene rings is 1. The first-order chi connectivity index (χ1) is 15.7. The molecule has 5 rings (SSSR count). The van der Waals surface area contributed by atoms with Crippen LogP contribution >= 0.6 is 23.1 Å². The molecule has 8 heteroatoms. The average molecular weight is 475 g/mol. The Morgan fingerprint density at radius 3 is 2.66 bits per heavy atom. The van der Waals surface area contributed by atoms with Crippen LogP contribution in [0.3, 0.4) is 0 Å². The van der Waals surface area contributed by atoms with E-state index in [9.17, 15) is 9.59 Å². The number of hydrogen-bond donors (Lipinski definition) is 1. The third kappa shape index (κ3) is 5.07. The second-order valence-electron chi connectivity index (χ2n) is 9.58. The number of H-pyrrole nitrogens is 1. The largest absolute Gasteiger partial charge is 0.339 e. The Balaban J connectivity index is 1.10. The molecule has 1 saturated heterocycles.